The Morgan fingerprint density at radius 3 is 3.00 bits per heavy atom. The standard InChI is InChI=1S/C13H12ClN5O/c1-8-2-3-10(9(14)6-8)20-13-12-16-4-5-19(12)7-11(17-13)18-15/h2-7,18H,15H2,1H3. The molecule has 3 aromatic rings. The van der Waals surface area contributed by atoms with E-state index in [-0.39, 0.29) is 0 Å². The maximum Gasteiger partial charge on any atom is 0.265 e. The Balaban J connectivity index is 2.07. The molecule has 0 bridgehead atoms. The molecule has 2 aromatic heterocycles. The number of hydrazine groups is 1. The lowest BCUT2D eigenvalue weighted by Crippen LogP contribution is -2.10. The van der Waals surface area contributed by atoms with Gasteiger partial charge in [0, 0.05) is 12.4 Å². The maximum absolute atomic E-state index is 6.16. The van der Waals surface area contributed by atoms with E-state index in [0.29, 0.717) is 28.1 Å². The van der Waals surface area contributed by atoms with Crippen LogP contribution in [0.25, 0.3) is 5.65 Å². The van der Waals surface area contributed by atoms with Gasteiger partial charge in [0.1, 0.15) is 5.75 Å². The third-order valence-electron chi connectivity index (χ3n) is 2.79. The lowest BCUT2D eigenvalue weighted by molar-refractivity contribution is 0.466. The average Bonchev–Trinajstić information content (AvgIpc) is 2.90. The zero-order valence-electron chi connectivity index (χ0n) is 10.7. The van der Waals surface area contributed by atoms with Crippen molar-refractivity contribution in [3.63, 3.8) is 0 Å². The number of aromatic nitrogens is 3. The van der Waals surface area contributed by atoms with Crippen molar-refractivity contribution in [2.75, 3.05) is 5.43 Å². The summed E-state index contributed by atoms with van der Waals surface area (Å²) in [5, 5.41) is 0.516. The first-order valence-electron chi connectivity index (χ1n) is 5.91. The Morgan fingerprint density at radius 2 is 2.25 bits per heavy atom. The van der Waals surface area contributed by atoms with Gasteiger partial charge < -0.3 is 10.2 Å². The Morgan fingerprint density at radius 1 is 1.40 bits per heavy atom. The number of anilines is 1. The molecule has 0 aliphatic heterocycles. The molecule has 0 aliphatic rings. The van der Waals surface area contributed by atoms with Gasteiger partial charge in [0.2, 0.25) is 5.65 Å². The van der Waals surface area contributed by atoms with Gasteiger partial charge >= 0.3 is 0 Å². The van der Waals surface area contributed by atoms with Crippen LogP contribution in [0.4, 0.5) is 5.82 Å². The molecule has 0 fully saturated rings. The van der Waals surface area contributed by atoms with E-state index in [4.69, 9.17) is 22.2 Å². The van der Waals surface area contributed by atoms with Crippen molar-refractivity contribution in [2.24, 2.45) is 5.84 Å². The fraction of sp³-hybridized carbons (Fsp3) is 0.0769. The van der Waals surface area contributed by atoms with E-state index in [0.717, 1.165) is 5.56 Å². The van der Waals surface area contributed by atoms with Crippen molar-refractivity contribution in [2.45, 2.75) is 6.92 Å². The van der Waals surface area contributed by atoms with Crippen LogP contribution < -0.4 is 16.0 Å². The molecule has 0 aliphatic carbocycles. The topological polar surface area (TPSA) is 77.5 Å². The van der Waals surface area contributed by atoms with E-state index in [2.05, 4.69) is 15.4 Å². The van der Waals surface area contributed by atoms with Gasteiger partial charge in [-0.05, 0) is 24.6 Å². The number of halogens is 1. The first-order chi connectivity index (χ1) is 9.67. The van der Waals surface area contributed by atoms with Crippen LogP contribution in [-0.4, -0.2) is 14.4 Å². The first kappa shape index (κ1) is 12.7. The second-order valence-electron chi connectivity index (χ2n) is 4.27. The van der Waals surface area contributed by atoms with Crippen LogP contribution in [0.2, 0.25) is 5.02 Å². The molecule has 20 heavy (non-hydrogen) atoms. The zero-order valence-corrected chi connectivity index (χ0v) is 11.4. The maximum atomic E-state index is 6.16. The van der Waals surface area contributed by atoms with Gasteiger partial charge in [-0.15, -0.1) is 0 Å². The summed E-state index contributed by atoms with van der Waals surface area (Å²) in [5.41, 5.74) is 4.12. The SMILES string of the molecule is Cc1ccc(Oc2nc(NN)cn3ccnc23)c(Cl)c1. The number of nitrogens with one attached hydrogen (secondary N) is 1. The van der Waals surface area contributed by atoms with Gasteiger partial charge in [-0.1, -0.05) is 17.7 Å². The quantitative estimate of drug-likeness (QED) is 0.573. The number of imidazole rings is 1. The molecular weight excluding hydrogens is 278 g/mol. The lowest BCUT2D eigenvalue weighted by atomic mass is 10.2. The molecule has 2 heterocycles. The molecule has 0 radical (unpaired) electrons. The molecule has 0 amide bonds. The van der Waals surface area contributed by atoms with Crippen molar-refractivity contribution < 1.29 is 4.74 Å². The number of hydrogen-bond donors (Lipinski definition) is 2. The molecule has 0 saturated heterocycles. The van der Waals surface area contributed by atoms with Crippen molar-refractivity contribution in [3.05, 3.63) is 47.4 Å². The summed E-state index contributed by atoms with van der Waals surface area (Å²) in [4.78, 5) is 8.45. The summed E-state index contributed by atoms with van der Waals surface area (Å²) in [7, 11) is 0. The van der Waals surface area contributed by atoms with Crippen molar-refractivity contribution in [3.8, 4) is 11.6 Å². The van der Waals surface area contributed by atoms with Crippen molar-refractivity contribution >= 4 is 23.1 Å². The van der Waals surface area contributed by atoms with Crippen LogP contribution in [0.5, 0.6) is 11.6 Å². The Bertz CT molecular complexity index is 771. The Labute approximate surface area is 120 Å². The van der Waals surface area contributed by atoms with E-state index in [1.54, 1.807) is 29.1 Å². The molecule has 0 atom stereocenters. The molecule has 3 rings (SSSR count). The Hall–Kier alpha value is -2.31. The van der Waals surface area contributed by atoms with Gasteiger partial charge in [0.25, 0.3) is 5.88 Å². The summed E-state index contributed by atoms with van der Waals surface area (Å²) in [6.07, 6.45) is 5.15. The van der Waals surface area contributed by atoms with Crippen LogP contribution >= 0.6 is 11.6 Å². The van der Waals surface area contributed by atoms with Crippen LogP contribution in [0.1, 0.15) is 5.56 Å². The van der Waals surface area contributed by atoms with Crippen molar-refractivity contribution in [1.82, 2.24) is 14.4 Å². The number of hydrogen-bond acceptors (Lipinski definition) is 5. The van der Waals surface area contributed by atoms with Gasteiger partial charge in [-0.3, -0.25) is 4.40 Å². The van der Waals surface area contributed by atoms with E-state index in [1.165, 1.54) is 0 Å². The summed E-state index contributed by atoms with van der Waals surface area (Å²) in [6, 6.07) is 5.53. The zero-order chi connectivity index (χ0) is 14.1. The normalized spacial score (nSPS) is 10.8. The molecule has 7 heteroatoms. The van der Waals surface area contributed by atoms with E-state index in [9.17, 15) is 0 Å². The molecule has 3 N–H and O–H groups in total. The molecule has 0 unspecified atom stereocenters. The fourth-order valence-electron chi connectivity index (χ4n) is 1.83. The Kier molecular flexibility index (Phi) is 3.17. The second-order valence-corrected chi connectivity index (χ2v) is 4.68. The highest BCUT2D eigenvalue weighted by Gasteiger charge is 2.11. The molecule has 102 valence electrons. The largest absolute Gasteiger partial charge is 0.434 e. The number of nitrogen functional groups attached to an aromatic ring is 1. The number of ether oxygens (including phenoxy) is 1. The minimum atomic E-state index is 0.330. The molecule has 0 saturated carbocycles. The smallest absolute Gasteiger partial charge is 0.265 e. The van der Waals surface area contributed by atoms with Crippen LogP contribution in [0.3, 0.4) is 0 Å². The molecule has 0 spiro atoms. The minimum absolute atomic E-state index is 0.330. The first-order valence-corrected chi connectivity index (χ1v) is 6.29. The van der Waals surface area contributed by atoms with E-state index in [1.807, 2.05) is 19.1 Å². The third-order valence-corrected chi connectivity index (χ3v) is 3.08. The molecular formula is C13H12ClN5O. The second kappa shape index (κ2) is 4.99. The third kappa shape index (κ3) is 2.26. The van der Waals surface area contributed by atoms with Crippen LogP contribution in [-0.2, 0) is 0 Å². The highest BCUT2D eigenvalue weighted by molar-refractivity contribution is 6.32. The fourth-order valence-corrected chi connectivity index (χ4v) is 2.11. The van der Waals surface area contributed by atoms with Crippen LogP contribution in [0, 0.1) is 6.92 Å². The minimum Gasteiger partial charge on any atom is -0.434 e. The highest BCUT2D eigenvalue weighted by atomic mass is 35.5. The summed E-state index contributed by atoms with van der Waals surface area (Å²) < 4.78 is 7.52. The van der Waals surface area contributed by atoms with Gasteiger partial charge in [-0.25, -0.2) is 10.8 Å². The summed E-state index contributed by atoms with van der Waals surface area (Å²) in [5.74, 6) is 6.71. The summed E-state index contributed by atoms with van der Waals surface area (Å²) >= 11 is 6.16. The summed E-state index contributed by atoms with van der Waals surface area (Å²) in [6.45, 7) is 1.96. The number of nitrogens with two attached hydrogens (primary N) is 1. The molecule has 6 nitrogen and oxygen atoms in total. The van der Waals surface area contributed by atoms with Crippen molar-refractivity contribution in [1.29, 1.82) is 0 Å². The van der Waals surface area contributed by atoms with E-state index >= 15 is 0 Å². The van der Waals surface area contributed by atoms with Gasteiger partial charge in [0.15, 0.2) is 5.82 Å². The number of fused-ring (bicyclic) bond motifs is 1. The monoisotopic (exact) mass is 289 g/mol. The number of rotatable bonds is 3. The molecule has 1 aromatic carbocycles. The predicted molar refractivity (Wildman–Crippen MR) is 77.1 cm³/mol. The van der Waals surface area contributed by atoms with Crippen LogP contribution in [0.15, 0.2) is 36.8 Å². The average molecular weight is 290 g/mol. The number of nitrogens with zero attached hydrogens (tertiary/aromatic N) is 3. The van der Waals surface area contributed by atoms with E-state index < -0.39 is 0 Å². The number of benzene rings is 1. The predicted octanol–water partition coefficient (Wildman–Crippen LogP) is 2.77. The van der Waals surface area contributed by atoms with Gasteiger partial charge in [0.05, 0.1) is 11.2 Å². The van der Waals surface area contributed by atoms with Gasteiger partial charge in [-0.2, -0.15) is 4.98 Å². The highest BCUT2D eigenvalue weighted by Crippen LogP contribution is 2.31. The number of aryl methyl sites for hydroxylation is 1. The lowest BCUT2D eigenvalue weighted by Gasteiger charge is -2.10.